The zero-order valence-electron chi connectivity index (χ0n) is 21.2. The van der Waals surface area contributed by atoms with Gasteiger partial charge in [0.05, 0.1) is 11.9 Å². The minimum absolute atomic E-state index is 0.0163. The molecule has 8 nitrogen and oxygen atoms in total. The van der Waals surface area contributed by atoms with E-state index >= 15 is 0 Å². The molecule has 1 aromatic heterocycles. The monoisotopic (exact) mass is 488 g/mol. The van der Waals surface area contributed by atoms with Gasteiger partial charge < -0.3 is 21.1 Å². The number of nitrogens with two attached hydrogens (primary N) is 1. The van der Waals surface area contributed by atoms with Gasteiger partial charge in [0.25, 0.3) is 5.91 Å². The summed E-state index contributed by atoms with van der Waals surface area (Å²) >= 11 is 0. The third-order valence-corrected chi connectivity index (χ3v) is 5.59. The number of anilines is 1. The van der Waals surface area contributed by atoms with Crippen LogP contribution in [0.1, 0.15) is 60.9 Å². The third kappa shape index (κ3) is 6.91. The molecule has 0 spiro atoms. The number of aromatic nitrogens is 1. The lowest BCUT2D eigenvalue weighted by Crippen LogP contribution is -2.47. The van der Waals surface area contributed by atoms with Crippen LogP contribution >= 0.6 is 0 Å². The SMILES string of the molecule is CC(C)C(NC(=O)c1ccc(C(C)(C)C)cc1)C(=O)Nc1ccc(Oc2cccc(C(N)=O)c2)nc1. The van der Waals surface area contributed by atoms with Gasteiger partial charge >= 0.3 is 0 Å². The van der Waals surface area contributed by atoms with Crippen molar-refractivity contribution in [1.82, 2.24) is 10.3 Å². The second-order valence-electron chi connectivity index (χ2n) is 9.89. The summed E-state index contributed by atoms with van der Waals surface area (Å²) in [6, 6.07) is 16.3. The number of hydrogen-bond acceptors (Lipinski definition) is 5. The summed E-state index contributed by atoms with van der Waals surface area (Å²) in [6.45, 7) is 10.0. The number of primary amides is 1. The zero-order valence-corrected chi connectivity index (χ0v) is 21.2. The highest BCUT2D eigenvalue weighted by Crippen LogP contribution is 2.23. The van der Waals surface area contributed by atoms with Crippen LogP contribution < -0.4 is 21.1 Å². The second-order valence-corrected chi connectivity index (χ2v) is 9.89. The number of amides is 3. The van der Waals surface area contributed by atoms with Crippen LogP contribution in [-0.4, -0.2) is 28.7 Å². The fourth-order valence-electron chi connectivity index (χ4n) is 3.45. The summed E-state index contributed by atoms with van der Waals surface area (Å²) < 4.78 is 5.66. The van der Waals surface area contributed by atoms with Crippen LogP contribution in [0.15, 0.2) is 66.9 Å². The lowest BCUT2D eigenvalue weighted by atomic mass is 9.86. The van der Waals surface area contributed by atoms with Crippen molar-refractivity contribution in [1.29, 1.82) is 0 Å². The lowest BCUT2D eigenvalue weighted by molar-refractivity contribution is -0.118. The Morgan fingerprint density at radius 1 is 0.944 bits per heavy atom. The maximum Gasteiger partial charge on any atom is 0.251 e. The van der Waals surface area contributed by atoms with E-state index < -0.39 is 11.9 Å². The highest BCUT2D eigenvalue weighted by Gasteiger charge is 2.25. The van der Waals surface area contributed by atoms with E-state index in [1.165, 1.54) is 12.3 Å². The number of rotatable bonds is 8. The van der Waals surface area contributed by atoms with Crippen LogP contribution in [0.5, 0.6) is 11.6 Å². The minimum atomic E-state index is -0.743. The van der Waals surface area contributed by atoms with Crippen molar-refractivity contribution in [2.75, 3.05) is 5.32 Å². The normalized spacial score (nSPS) is 12.1. The molecule has 0 fully saturated rings. The predicted molar refractivity (Wildman–Crippen MR) is 139 cm³/mol. The molecule has 2 aromatic carbocycles. The van der Waals surface area contributed by atoms with Crippen molar-refractivity contribution >= 4 is 23.4 Å². The summed E-state index contributed by atoms with van der Waals surface area (Å²) in [5.74, 6) is -0.675. The molecule has 4 N–H and O–H groups in total. The molecule has 1 heterocycles. The van der Waals surface area contributed by atoms with Gasteiger partial charge in [-0.3, -0.25) is 14.4 Å². The van der Waals surface area contributed by atoms with Gasteiger partial charge in [-0.05, 0) is 53.3 Å². The number of nitrogens with zero attached hydrogens (tertiary/aromatic N) is 1. The van der Waals surface area contributed by atoms with E-state index in [-0.39, 0.29) is 29.0 Å². The molecule has 0 aliphatic carbocycles. The summed E-state index contributed by atoms with van der Waals surface area (Å²) in [5, 5.41) is 5.63. The highest BCUT2D eigenvalue weighted by molar-refractivity contribution is 6.01. The fraction of sp³-hybridized carbons (Fsp3) is 0.286. The molecule has 0 saturated carbocycles. The largest absolute Gasteiger partial charge is 0.439 e. The molecular weight excluding hydrogens is 456 g/mol. The Bertz CT molecular complexity index is 1230. The first-order valence-corrected chi connectivity index (χ1v) is 11.7. The summed E-state index contributed by atoms with van der Waals surface area (Å²) in [6.07, 6.45) is 1.45. The Hall–Kier alpha value is -4.20. The van der Waals surface area contributed by atoms with E-state index in [4.69, 9.17) is 10.5 Å². The van der Waals surface area contributed by atoms with Crippen molar-refractivity contribution in [3.05, 3.63) is 83.6 Å². The van der Waals surface area contributed by atoms with Gasteiger partial charge in [0.2, 0.25) is 17.7 Å². The van der Waals surface area contributed by atoms with Gasteiger partial charge in [-0.2, -0.15) is 0 Å². The van der Waals surface area contributed by atoms with Crippen LogP contribution in [0.4, 0.5) is 5.69 Å². The van der Waals surface area contributed by atoms with Crippen molar-refractivity contribution in [2.24, 2.45) is 11.7 Å². The molecule has 1 unspecified atom stereocenters. The van der Waals surface area contributed by atoms with Gasteiger partial charge in [0.1, 0.15) is 11.8 Å². The third-order valence-electron chi connectivity index (χ3n) is 5.59. The quantitative estimate of drug-likeness (QED) is 0.425. The molecule has 36 heavy (non-hydrogen) atoms. The molecule has 0 bridgehead atoms. The molecule has 0 saturated heterocycles. The van der Waals surface area contributed by atoms with Crippen LogP contribution in [0.3, 0.4) is 0 Å². The topological polar surface area (TPSA) is 123 Å². The van der Waals surface area contributed by atoms with Crippen molar-refractivity contribution in [3.63, 3.8) is 0 Å². The van der Waals surface area contributed by atoms with Crippen LogP contribution in [0.2, 0.25) is 0 Å². The zero-order chi connectivity index (χ0) is 26.5. The van der Waals surface area contributed by atoms with Crippen molar-refractivity contribution in [3.8, 4) is 11.6 Å². The Morgan fingerprint density at radius 2 is 1.64 bits per heavy atom. The number of carbonyl (C=O) groups excluding carboxylic acids is 3. The predicted octanol–water partition coefficient (Wildman–Crippen LogP) is 4.66. The Morgan fingerprint density at radius 3 is 2.19 bits per heavy atom. The Labute approximate surface area is 211 Å². The maximum atomic E-state index is 13.0. The number of nitrogens with one attached hydrogen (secondary N) is 2. The van der Waals surface area contributed by atoms with E-state index in [0.29, 0.717) is 22.6 Å². The molecule has 3 rings (SSSR count). The molecular formula is C28H32N4O4. The molecule has 188 valence electrons. The van der Waals surface area contributed by atoms with Crippen LogP contribution in [0.25, 0.3) is 0 Å². The number of ether oxygens (including phenoxy) is 1. The lowest BCUT2D eigenvalue weighted by Gasteiger charge is -2.22. The molecule has 3 amide bonds. The van der Waals surface area contributed by atoms with Crippen molar-refractivity contribution in [2.45, 2.75) is 46.1 Å². The summed E-state index contributed by atoms with van der Waals surface area (Å²) in [4.78, 5) is 41.3. The fourth-order valence-corrected chi connectivity index (χ4v) is 3.45. The number of benzene rings is 2. The maximum absolute atomic E-state index is 13.0. The van der Waals surface area contributed by atoms with Crippen LogP contribution in [0, 0.1) is 5.92 Å². The molecule has 0 radical (unpaired) electrons. The number of pyridine rings is 1. The standard InChI is InChI=1S/C28H32N4O4/c1-17(2)24(32-26(34)18-9-11-20(12-10-18)28(3,4)5)27(35)31-21-13-14-23(30-16-21)36-22-8-6-7-19(15-22)25(29)33/h6-17,24H,1-5H3,(H2,29,33)(H,31,35)(H,32,34). The first-order chi connectivity index (χ1) is 16.9. The van der Waals surface area contributed by atoms with Crippen LogP contribution in [-0.2, 0) is 10.2 Å². The summed E-state index contributed by atoms with van der Waals surface area (Å²) in [5.41, 5.74) is 7.67. The molecule has 0 aliphatic rings. The Balaban J connectivity index is 1.64. The number of carbonyl (C=O) groups is 3. The smallest absolute Gasteiger partial charge is 0.251 e. The van der Waals surface area contributed by atoms with E-state index in [9.17, 15) is 14.4 Å². The van der Waals surface area contributed by atoms with E-state index in [0.717, 1.165) is 5.56 Å². The first-order valence-electron chi connectivity index (χ1n) is 11.7. The van der Waals surface area contributed by atoms with Gasteiger partial charge in [0.15, 0.2) is 0 Å². The van der Waals surface area contributed by atoms with Gasteiger partial charge in [-0.15, -0.1) is 0 Å². The Kier molecular flexibility index (Phi) is 8.09. The molecule has 3 aromatic rings. The molecule has 1 atom stereocenters. The first kappa shape index (κ1) is 26.4. The summed E-state index contributed by atoms with van der Waals surface area (Å²) in [7, 11) is 0. The molecule has 8 heteroatoms. The van der Waals surface area contributed by atoms with E-state index in [1.807, 2.05) is 26.0 Å². The van der Waals surface area contributed by atoms with Gasteiger partial charge in [0, 0.05) is 17.2 Å². The van der Waals surface area contributed by atoms with Crippen molar-refractivity contribution < 1.29 is 19.1 Å². The van der Waals surface area contributed by atoms with E-state index in [2.05, 4.69) is 36.4 Å². The minimum Gasteiger partial charge on any atom is -0.439 e. The average molecular weight is 489 g/mol. The highest BCUT2D eigenvalue weighted by atomic mass is 16.5. The molecule has 0 aliphatic heterocycles. The van der Waals surface area contributed by atoms with Gasteiger partial charge in [-0.25, -0.2) is 4.98 Å². The average Bonchev–Trinajstić information content (AvgIpc) is 2.83. The second kappa shape index (κ2) is 11.0. The number of hydrogen-bond donors (Lipinski definition) is 3. The van der Waals surface area contributed by atoms with Gasteiger partial charge in [-0.1, -0.05) is 52.8 Å². The van der Waals surface area contributed by atoms with E-state index in [1.54, 1.807) is 42.5 Å².